The van der Waals surface area contributed by atoms with Crippen LogP contribution in [0.15, 0.2) is 54.6 Å². The van der Waals surface area contributed by atoms with Crippen molar-refractivity contribution in [2.75, 3.05) is 32.8 Å². The van der Waals surface area contributed by atoms with Gasteiger partial charge in [0.1, 0.15) is 25.0 Å². The Morgan fingerprint density at radius 3 is 2.15 bits per heavy atom. The van der Waals surface area contributed by atoms with E-state index in [1.807, 2.05) is 30.3 Å². The molecule has 0 amide bonds. The molecule has 0 aromatic heterocycles. The Balaban J connectivity index is 1.55. The summed E-state index contributed by atoms with van der Waals surface area (Å²) in [6.07, 6.45) is 0.872. The molecule has 3 nitrogen and oxygen atoms in total. The summed E-state index contributed by atoms with van der Waals surface area (Å²) in [6, 6.07) is 18.5. The minimum absolute atomic E-state index is 0.355. The Morgan fingerprint density at radius 2 is 1.56 bits per heavy atom. The molecule has 146 valence electrons. The number of rotatable bonds is 7. The number of likely N-dealkylation sites (tertiary alicyclic amines) is 1. The van der Waals surface area contributed by atoms with Crippen LogP contribution in [-0.4, -0.2) is 48.5 Å². The molecule has 3 atom stereocenters. The summed E-state index contributed by atoms with van der Waals surface area (Å²) in [6.45, 7) is 11.5. The van der Waals surface area contributed by atoms with Crippen molar-refractivity contribution in [2.45, 2.75) is 33.3 Å². The van der Waals surface area contributed by atoms with Crippen LogP contribution in [0.1, 0.15) is 27.2 Å². The number of quaternary nitrogens is 1. The van der Waals surface area contributed by atoms with Gasteiger partial charge in [0.2, 0.25) is 0 Å². The van der Waals surface area contributed by atoms with Gasteiger partial charge in [-0.05, 0) is 36.6 Å². The number of ether oxygens (including phenoxy) is 1. The third-order valence-electron chi connectivity index (χ3n) is 5.88. The van der Waals surface area contributed by atoms with Gasteiger partial charge in [0, 0.05) is 11.8 Å². The van der Waals surface area contributed by atoms with Gasteiger partial charge in [-0.1, -0.05) is 56.3 Å². The van der Waals surface area contributed by atoms with Gasteiger partial charge in [-0.2, -0.15) is 0 Å². The van der Waals surface area contributed by atoms with E-state index in [1.165, 1.54) is 30.6 Å². The zero-order valence-electron chi connectivity index (χ0n) is 17.0. The number of aliphatic hydroxyl groups is 1. The van der Waals surface area contributed by atoms with Gasteiger partial charge in [0.25, 0.3) is 0 Å². The molecule has 0 bridgehead atoms. The molecule has 2 aromatic carbocycles. The number of hydrogen-bond donors (Lipinski definition) is 1. The molecular weight excluding hydrogens is 334 g/mol. The normalized spacial score (nSPS) is 26.5. The summed E-state index contributed by atoms with van der Waals surface area (Å²) in [5.41, 5.74) is 2.38. The molecule has 0 saturated carbocycles. The van der Waals surface area contributed by atoms with Crippen LogP contribution >= 0.6 is 0 Å². The molecule has 1 heterocycles. The SMILES string of the molecule is CC[N+]1(C[C@H](O)COc2ccc(-c3ccccc3)cc2)C[C@@H](C)C[C@H](C)C1. The second-order valence-corrected chi connectivity index (χ2v) is 8.51. The van der Waals surface area contributed by atoms with Crippen LogP contribution in [0.3, 0.4) is 0 Å². The molecule has 3 rings (SSSR count). The first-order chi connectivity index (χ1) is 13.0. The molecule has 1 N–H and O–H groups in total. The summed E-state index contributed by atoms with van der Waals surface area (Å²) in [5, 5.41) is 10.6. The molecule has 1 aliphatic rings. The van der Waals surface area contributed by atoms with Gasteiger partial charge >= 0.3 is 0 Å². The van der Waals surface area contributed by atoms with Gasteiger partial charge in [0.05, 0.1) is 19.6 Å². The van der Waals surface area contributed by atoms with E-state index in [4.69, 9.17) is 4.74 Å². The standard InChI is InChI=1S/C24H34NO2/c1-4-25(15-19(2)14-20(3)16-25)17-23(26)18-27-24-12-10-22(11-13-24)21-8-6-5-7-9-21/h5-13,19-20,23,26H,4,14-18H2,1-3H3/q+1/t19-,20-,23-/m0/s1. The van der Waals surface area contributed by atoms with Gasteiger partial charge in [-0.3, -0.25) is 0 Å². The smallest absolute Gasteiger partial charge is 0.137 e. The van der Waals surface area contributed by atoms with E-state index in [2.05, 4.69) is 45.0 Å². The van der Waals surface area contributed by atoms with Crippen molar-refractivity contribution in [3.05, 3.63) is 54.6 Å². The van der Waals surface area contributed by atoms with Crippen LogP contribution in [0.2, 0.25) is 0 Å². The number of benzene rings is 2. The van der Waals surface area contributed by atoms with Crippen LogP contribution in [0, 0.1) is 11.8 Å². The Morgan fingerprint density at radius 1 is 0.963 bits per heavy atom. The highest BCUT2D eigenvalue weighted by atomic mass is 16.5. The van der Waals surface area contributed by atoms with E-state index >= 15 is 0 Å². The predicted molar refractivity (Wildman–Crippen MR) is 112 cm³/mol. The first-order valence-electron chi connectivity index (χ1n) is 10.3. The summed E-state index contributed by atoms with van der Waals surface area (Å²) in [4.78, 5) is 0. The molecule has 0 unspecified atom stereocenters. The highest BCUT2D eigenvalue weighted by molar-refractivity contribution is 5.63. The number of hydrogen-bond acceptors (Lipinski definition) is 2. The predicted octanol–water partition coefficient (Wildman–Crippen LogP) is 4.61. The molecule has 1 aliphatic heterocycles. The van der Waals surface area contributed by atoms with Gasteiger partial charge in [0.15, 0.2) is 0 Å². The van der Waals surface area contributed by atoms with Crippen LogP contribution in [0.5, 0.6) is 5.75 Å². The lowest BCUT2D eigenvalue weighted by molar-refractivity contribution is -0.940. The maximum Gasteiger partial charge on any atom is 0.137 e. The number of piperidine rings is 1. The topological polar surface area (TPSA) is 29.5 Å². The zero-order valence-corrected chi connectivity index (χ0v) is 17.0. The summed E-state index contributed by atoms with van der Waals surface area (Å²) < 4.78 is 6.90. The molecule has 0 aliphatic carbocycles. The monoisotopic (exact) mass is 368 g/mol. The van der Waals surface area contributed by atoms with Crippen molar-refractivity contribution in [3.63, 3.8) is 0 Å². The molecular formula is C24H34NO2+. The highest BCUT2D eigenvalue weighted by Gasteiger charge is 2.37. The van der Waals surface area contributed by atoms with Crippen molar-refractivity contribution >= 4 is 0 Å². The summed E-state index contributed by atoms with van der Waals surface area (Å²) >= 11 is 0. The van der Waals surface area contributed by atoms with E-state index in [0.717, 1.165) is 35.2 Å². The molecule has 3 heteroatoms. The minimum atomic E-state index is -0.434. The second kappa shape index (κ2) is 8.90. The van der Waals surface area contributed by atoms with Gasteiger partial charge < -0.3 is 14.3 Å². The summed E-state index contributed by atoms with van der Waals surface area (Å²) in [7, 11) is 0. The average molecular weight is 369 g/mol. The van der Waals surface area contributed by atoms with Crippen molar-refractivity contribution in [1.82, 2.24) is 0 Å². The third-order valence-corrected chi connectivity index (χ3v) is 5.88. The number of nitrogens with zero attached hydrogens (tertiary/aromatic N) is 1. The Kier molecular flexibility index (Phi) is 6.56. The second-order valence-electron chi connectivity index (χ2n) is 8.51. The van der Waals surface area contributed by atoms with Crippen molar-refractivity contribution < 1.29 is 14.3 Å². The van der Waals surface area contributed by atoms with Gasteiger partial charge in [-0.25, -0.2) is 0 Å². The molecule has 0 radical (unpaired) electrons. The molecule has 0 spiro atoms. The van der Waals surface area contributed by atoms with Crippen molar-refractivity contribution in [1.29, 1.82) is 0 Å². The Bertz CT molecular complexity index is 688. The first-order valence-corrected chi connectivity index (χ1v) is 10.3. The zero-order chi connectivity index (χ0) is 19.3. The fraction of sp³-hybridized carbons (Fsp3) is 0.500. The van der Waals surface area contributed by atoms with Crippen LogP contribution in [-0.2, 0) is 0 Å². The fourth-order valence-corrected chi connectivity index (χ4v) is 4.84. The maximum atomic E-state index is 10.6. The first kappa shape index (κ1) is 19.9. The van der Waals surface area contributed by atoms with E-state index < -0.39 is 6.10 Å². The average Bonchev–Trinajstić information content (AvgIpc) is 2.66. The van der Waals surface area contributed by atoms with Crippen molar-refractivity contribution in [3.8, 4) is 16.9 Å². The molecule has 27 heavy (non-hydrogen) atoms. The van der Waals surface area contributed by atoms with E-state index in [0.29, 0.717) is 6.61 Å². The molecule has 1 saturated heterocycles. The minimum Gasteiger partial charge on any atom is -0.491 e. The maximum absolute atomic E-state index is 10.6. The Hall–Kier alpha value is -1.84. The largest absolute Gasteiger partial charge is 0.491 e. The highest BCUT2D eigenvalue weighted by Crippen LogP contribution is 2.28. The molecule has 2 aromatic rings. The van der Waals surface area contributed by atoms with Crippen LogP contribution < -0.4 is 4.74 Å². The third kappa shape index (κ3) is 5.33. The van der Waals surface area contributed by atoms with Gasteiger partial charge in [-0.15, -0.1) is 0 Å². The van der Waals surface area contributed by atoms with E-state index in [9.17, 15) is 5.11 Å². The molecule has 1 fully saturated rings. The lowest BCUT2D eigenvalue weighted by Crippen LogP contribution is -2.59. The van der Waals surface area contributed by atoms with E-state index in [-0.39, 0.29) is 0 Å². The van der Waals surface area contributed by atoms with Crippen LogP contribution in [0.25, 0.3) is 11.1 Å². The fourth-order valence-electron chi connectivity index (χ4n) is 4.84. The summed E-state index contributed by atoms with van der Waals surface area (Å²) in [5.74, 6) is 2.27. The van der Waals surface area contributed by atoms with Crippen molar-refractivity contribution in [2.24, 2.45) is 11.8 Å². The Labute approximate surface area is 164 Å². The van der Waals surface area contributed by atoms with Crippen LogP contribution in [0.4, 0.5) is 0 Å². The lowest BCUT2D eigenvalue weighted by Gasteiger charge is -2.46. The quantitative estimate of drug-likeness (QED) is 0.724. The lowest BCUT2D eigenvalue weighted by atomic mass is 9.89. The number of likely N-dealkylation sites (N-methyl/N-ethyl adjacent to an activating group) is 1. The number of aliphatic hydroxyl groups excluding tert-OH is 1. The van der Waals surface area contributed by atoms with E-state index in [1.54, 1.807) is 0 Å².